The summed E-state index contributed by atoms with van der Waals surface area (Å²) in [6.07, 6.45) is 7.30. The number of aromatic nitrogens is 4. The van der Waals surface area contributed by atoms with Gasteiger partial charge < -0.3 is 19.8 Å². The van der Waals surface area contributed by atoms with Crippen LogP contribution in [0.5, 0.6) is 0 Å². The zero-order valence-corrected chi connectivity index (χ0v) is 19.4. The highest BCUT2D eigenvalue weighted by atomic mass is 16.5. The predicted octanol–water partition coefficient (Wildman–Crippen LogP) is 1.89. The number of aliphatic hydroxyl groups excluding tert-OH is 1. The van der Waals surface area contributed by atoms with E-state index < -0.39 is 23.6 Å². The molecule has 3 heterocycles. The van der Waals surface area contributed by atoms with Gasteiger partial charge in [0.1, 0.15) is 17.8 Å². The lowest BCUT2D eigenvalue weighted by molar-refractivity contribution is -0.144. The maximum Gasteiger partial charge on any atom is 0.248 e. The number of aliphatic hydroxyl groups is 1. The van der Waals surface area contributed by atoms with Gasteiger partial charge in [0.2, 0.25) is 11.8 Å². The highest BCUT2D eigenvalue weighted by Gasteiger charge is 2.45. The minimum atomic E-state index is -0.749. The molecule has 10 heteroatoms. The van der Waals surface area contributed by atoms with Crippen LogP contribution in [0.2, 0.25) is 0 Å². The molecule has 0 spiro atoms. The summed E-state index contributed by atoms with van der Waals surface area (Å²) < 4.78 is 6.98. The lowest BCUT2D eigenvalue weighted by Crippen LogP contribution is -2.50. The molecular formula is C23H32N6O4. The average molecular weight is 457 g/mol. The van der Waals surface area contributed by atoms with Gasteiger partial charge in [-0.15, -0.1) is 5.10 Å². The Morgan fingerprint density at radius 1 is 1.24 bits per heavy atom. The van der Waals surface area contributed by atoms with Gasteiger partial charge in [0.25, 0.3) is 0 Å². The Kier molecular flexibility index (Phi) is 5.50. The molecule has 0 unspecified atom stereocenters. The molecule has 178 valence electrons. The van der Waals surface area contributed by atoms with Crippen LogP contribution in [-0.2, 0) is 16.1 Å². The van der Waals surface area contributed by atoms with Crippen molar-refractivity contribution in [1.29, 1.82) is 0 Å². The summed E-state index contributed by atoms with van der Waals surface area (Å²) in [6.45, 7) is 6.33. The number of hydrogen-bond acceptors (Lipinski definition) is 7. The van der Waals surface area contributed by atoms with Crippen LogP contribution < -0.4 is 5.32 Å². The summed E-state index contributed by atoms with van der Waals surface area (Å²) in [4.78, 5) is 28.4. The van der Waals surface area contributed by atoms with Crippen LogP contribution in [0.15, 0.2) is 16.9 Å². The van der Waals surface area contributed by atoms with Crippen molar-refractivity contribution >= 4 is 11.8 Å². The molecule has 0 aromatic carbocycles. The molecule has 5 rings (SSSR count). The Hall–Kier alpha value is -2.75. The SMILES string of the molecule is CC(C)(C)[C@@H](C(=O)N1C[C@H](O)C[C@H]1C(=O)NCc1cnoc1C1CC1)n1cc(C2CC2)nn1. The summed E-state index contributed by atoms with van der Waals surface area (Å²) >= 11 is 0. The van der Waals surface area contributed by atoms with Gasteiger partial charge in [-0.05, 0) is 31.1 Å². The molecule has 3 aliphatic rings. The fraction of sp³-hybridized carbons (Fsp3) is 0.696. The maximum atomic E-state index is 13.8. The van der Waals surface area contributed by atoms with E-state index in [1.807, 2.05) is 27.0 Å². The molecule has 3 fully saturated rings. The van der Waals surface area contributed by atoms with Crippen molar-refractivity contribution in [3.8, 4) is 0 Å². The number of nitrogens with one attached hydrogen (secondary N) is 1. The third kappa shape index (κ3) is 4.53. The number of carbonyl (C=O) groups is 2. The predicted molar refractivity (Wildman–Crippen MR) is 117 cm³/mol. The standard InChI is InChI=1S/C23H32N6O4/c1-23(2,3)20(29-12-17(26-27-29)13-4-5-13)22(32)28-11-16(30)8-18(28)21(31)24-9-15-10-25-33-19(15)14-6-7-14/h10,12-14,16,18,20,30H,4-9,11H2,1-3H3,(H,24,31)/t16-,18+,20-/m1/s1. The van der Waals surface area contributed by atoms with Crippen molar-refractivity contribution in [2.45, 2.75) is 89.4 Å². The normalized spacial score (nSPS) is 24.2. The van der Waals surface area contributed by atoms with Crippen molar-refractivity contribution in [3.63, 3.8) is 0 Å². The Balaban J connectivity index is 1.32. The molecule has 1 aliphatic heterocycles. The number of carbonyl (C=O) groups excluding carboxylic acids is 2. The van der Waals surface area contributed by atoms with Crippen LogP contribution in [0.1, 0.15) is 87.8 Å². The quantitative estimate of drug-likeness (QED) is 0.651. The number of β-amino-alcohol motifs (C(OH)–C–C–N with tert-alkyl or cyclic N) is 1. The van der Waals surface area contributed by atoms with Gasteiger partial charge in [-0.25, -0.2) is 4.68 Å². The van der Waals surface area contributed by atoms with Crippen molar-refractivity contribution in [3.05, 3.63) is 29.4 Å². The molecule has 2 aromatic heterocycles. The molecular weight excluding hydrogens is 424 g/mol. The van der Waals surface area contributed by atoms with Gasteiger partial charge in [-0.1, -0.05) is 31.1 Å². The van der Waals surface area contributed by atoms with E-state index in [0.717, 1.165) is 42.7 Å². The van der Waals surface area contributed by atoms with Gasteiger partial charge in [-0.3, -0.25) is 9.59 Å². The Bertz CT molecular complexity index is 1030. The number of rotatable bonds is 7. The second kappa shape index (κ2) is 8.23. The van der Waals surface area contributed by atoms with Gasteiger partial charge >= 0.3 is 0 Å². The highest BCUT2D eigenvalue weighted by Crippen LogP contribution is 2.42. The number of hydrogen-bond donors (Lipinski definition) is 2. The Labute approximate surface area is 192 Å². The molecule has 0 radical (unpaired) electrons. The summed E-state index contributed by atoms with van der Waals surface area (Å²) in [6, 6.07) is -1.37. The lowest BCUT2D eigenvalue weighted by atomic mass is 9.85. The van der Waals surface area contributed by atoms with E-state index in [2.05, 4.69) is 20.8 Å². The van der Waals surface area contributed by atoms with Crippen molar-refractivity contribution in [2.75, 3.05) is 6.54 Å². The van der Waals surface area contributed by atoms with Crippen LogP contribution >= 0.6 is 0 Å². The lowest BCUT2D eigenvalue weighted by Gasteiger charge is -2.34. The van der Waals surface area contributed by atoms with Crippen LogP contribution in [0.3, 0.4) is 0 Å². The van der Waals surface area contributed by atoms with Crippen LogP contribution in [0, 0.1) is 5.41 Å². The second-order valence-corrected chi connectivity index (χ2v) is 10.8. The fourth-order valence-corrected chi connectivity index (χ4v) is 4.71. The topological polar surface area (TPSA) is 126 Å². The first-order valence-corrected chi connectivity index (χ1v) is 11.8. The number of amides is 2. The number of likely N-dealkylation sites (tertiary alicyclic amines) is 1. The first kappa shape index (κ1) is 22.1. The molecule has 2 N–H and O–H groups in total. The van der Waals surface area contributed by atoms with E-state index in [1.165, 1.54) is 4.90 Å². The molecule has 0 bridgehead atoms. The van der Waals surface area contributed by atoms with E-state index in [9.17, 15) is 14.7 Å². The average Bonchev–Trinajstić information content (AvgIpc) is 3.65. The maximum absolute atomic E-state index is 13.8. The minimum absolute atomic E-state index is 0.119. The van der Waals surface area contributed by atoms with Gasteiger partial charge in [-0.2, -0.15) is 0 Å². The molecule has 10 nitrogen and oxygen atoms in total. The third-order valence-electron chi connectivity index (χ3n) is 6.78. The zero-order chi connectivity index (χ0) is 23.3. The van der Waals surface area contributed by atoms with Crippen LogP contribution in [0.4, 0.5) is 0 Å². The van der Waals surface area contributed by atoms with E-state index in [0.29, 0.717) is 18.4 Å². The van der Waals surface area contributed by atoms with Crippen molar-refractivity contribution < 1.29 is 19.2 Å². The number of nitrogens with zero attached hydrogens (tertiary/aromatic N) is 5. The molecule has 2 amide bonds. The summed E-state index contributed by atoms with van der Waals surface area (Å²) in [5.41, 5.74) is 1.32. The fourth-order valence-electron chi connectivity index (χ4n) is 4.71. The smallest absolute Gasteiger partial charge is 0.248 e. The largest absolute Gasteiger partial charge is 0.391 e. The summed E-state index contributed by atoms with van der Waals surface area (Å²) in [5, 5.41) is 25.7. The highest BCUT2D eigenvalue weighted by molar-refractivity contribution is 5.90. The van der Waals surface area contributed by atoms with Gasteiger partial charge in [0, 0.05) is 43.1 Å². The molecule has 2 aromatic rings. The van der Waals surface area contributed by atoms with Crippen molar-refractivity contribution in [1.82, 2.24) is 30.4 Å². The molecule has 2 saturated carbocycles. The van der Waals surface area contributed by atoms with E-state index in [-0.39, 0.29) is 24.8 Å². The third-order valence-corrected chi connectivity index (χ3v) is 6.78. The van der Waals surface area contributed by atoms with E-state index in [1.54, 1.807) is 10.9 Å². The Morgan fingerprint density at radius 2 is 1.97 bits per heavy atom. The van der Waals surface area contributed by atoms with E-state index >= 15 is 0 Å². The van der Waals surface area contributed by atoms with Gasteiger partial charge in [0.05, 0.1) is 18.0 Å². The first-order chi connectivity index (χ1) is 15.7. The molecule has 1 saturated heterocycles. The van der Waals surface area contributed by atoms with Gasteiger partial charge in [0.15, 0.2) is 0 Å². The summed E-state index contributed by atoms with van der Waals surface area (Å²) in [5.74, 6) is 1.14. The molecule has 33 heavy (non-hydrogen) atoms. The molecule has 2 aliphatic carbocycles. The monoisotopic (exact) mass is 456 g/mol. The minimum Gasteiger partial charge on any atom is -0.391 e. The zero-order valence-electron chi connectivity index (χ0n) is 19.4. The van der Waals surface area contributed by atoms with Crippen LogP contribution in [0.25, 0.3) is 0 Å². The van der Waals surface area contributed by atoms with Crippen LogP contribution in [-0.4, -0.2) is 60.7 Å². The summed E-state index contributed by atoms with van der Waals surface area (Å²) in [7, 11) is 0. The van der Waals surface area contributed by atoms with Crippen molar-refractivity contribution in [2.24, 2.45) is 5.41 Å². The molecule has 3 atom stereocenters. The first-order valence-electron chi connectivity index (χ1n) is 11.8. The van der Waals surface area contributed by atoms with E-state index in [4.69, 9.17) is 4.52 Å². The Morgan fingerprint density at radius 3 is 2.64 bits per heavy atom. The second-order valence-electron chi connectivity index (χ2n) is 10.8.